The predicted octanol–water partition coefficient (Wildman–Crippen LogP) is 1.39. The lowest BCUT2D eigenvalue weighted by atomic mass is 10.1. The minimum atomic E-state index is -0.803. The van der Waals surface area contributed by atoms with Gasteiger partial charge in [0.2, 0.25) is 0 Å². The molecule has 0 saturated heterocycles. The number of hydrogen-bond acceptors (Lipinski definition) is 5. The Morgan fingerprint density at radius 3 is 2.82 bits per heavy atom. The second-order valence-corrected chi connectivity index (χ2v) is 2.89. The predicted molar refractivity (Wildman–Crippen MR) is 58.8 cm³/mol. The van der Waals surface area contributed by atoms with E-state index in [9.17, 15) is 14.9 Å². The average molecular weight is 235 g/mol. The van der Waals surface area contributed by atoms with Crippen molar-refractivity contribution in [2.24, 2.45) is 0 Å². The monoisotopic (exact) mass is 235 g/mol. The summed E-state index contributed by atoms with van der Waals surface area (Å²) in [4.78, 5) is 21.5. The summed E-state index contributed by atoms with van der Waals surface area (Å²) in [5.41, 5.74) is -0.623. The van der Waals surface area contributed by atoms with Gasteiger partial charge in [-0.15, -0.1) is 6.42 Å². The minimum Gasteiger partial charge on any atom is -0.474 e. The van der Waals surface area contributed by atoms with Crippen LogP contribution in [0, 0.1) is 22.5 Å². The van der Waals surface area contributed by atoms with Crippen LogP contribution in [-0.4, -0.2) is 24.6 Å². The van der Waals surface area contributed by atoms with Gasteiger partial charge in [0, 0.05) is 0 Å². The Labute approximate surface area is 97.3 Å². The number of carbonyl (C=O) groups excluding carboxylic acids is 1. The van der Waals surface area contributed by atoms with Crippen molar-refractivity contribution in [1.29, 1.82) is 0 Å². The highest BCUT2D eigenvalue weighted by molar-refractivity contribution is 5.95. The van der Waals surface area contributed by atoms with Crippen LogP contribution >= 0.6 is 0 Å². The maximum Gasteiger partial charge on any atom is 0.345 e. The van der Waals surface area contributed by atoms with E-state index < -0.39 is 16.6 Å². The van der Waals surface area contributed by atoms with Gasteiger partial charge >= 0.3 is 11.7 Å². The fourth-order valence-electron chi connectivity index (χ4n) is 1.22. The number of para-hydroxylation sites is 1. The van der Waals surface area contributed by atoms with Gasteiger partial charge in [0.1, 0.15) is 12.2 Å². The Balaban J connectivity index is 3.27. The summed E-state index contributed by atoms with van der Waals surface area (Å²) >= 11 is 0. The van der Waals surface area contributed by atoms with Crippen molar-refractivity contribution in [1.82, 2.24) is 0 Å². The number of ether oxygens (including phenoxy) is 2. The van der Waals surface area contributed by atoms with E-state index in [2.05, 4.69) is 10.7 Å². The van der Waals surface area contributed by atoms with E-state index in [0.717, 1.165) is 7.11 Å². The molecular formula is C11H9NO5. The van der Waals surface area contributed by atoms with E-state index in [1.54, 1.807) is 0 Å². The van der Waals surface area contributed by atoms with Crippen molar-refractivity contribution < 1.29 is 19.2 Å². The van der Waals surface area contributed by atoms with Crippen LogP contribution in [0.25, 0.3) is 0 Å². The lowest BCUT2D eigenvalue weighted by molar-refractivity contribution is -0.386. The lowest BCUT2D eigenvalue weighted by Crippen LogP contribution is -2.07. The van der Waals surface area contributed by atoms with Gasteiger partial charge in [-0.05, 0) is 12.1 Å². The van der Waals surface area contributed by atoms with Crippen molar-refractivity contribution in [3.05, 3.63) is 33.9 Å². The summed E-state index contributed by atoms with van der Waals surface area (Å²) in [5, 5.41) is 10.9. The average Bonchev–Trinajstić information content (AvgIpc) is 2.34. The first-order chi connectivity index (χ1) is 8.11. The highest BCUT2D eigenvalue weighted by atomic mass is 16.6. The number of nitro groups is 1. The number of benzene rings is 1. The van der Waals surface area contributed by atoms with Gasteiger partial charge < -0.3 is 9.47 Å². The van der Waals surface area contributed by atoms with Gasteiger partial charge in [0.15, 0.2) is 5.75 Å². The number of esters is 1. The van der Waals surface area contributed by atoms with E-state index in [0.29, 0.717) is 0 Å². The van der Waals surface area contributed by atoms with E-state index in [1.165, 1.54) is 18.2 Å². The quantitative estimate of drug-likeness (QED) is 0.341. The molecule has 0 atom stereocenters. The molecule has 0 aliphatic carbocycles. The molecule has 0 fully saturated rings. The zero-order chi connectivity index (χ0) is 12.8. The first kappa shape index (κ1) is 12.5. The SMILES string of the molecule is C#CCOc1cccc(C(=O)OC)c1[N+](=O)[O-]. The van der Waals surface area contributed by atoms with Gasteiger partial charge in [-0.1, -0.05) is 12.0 Å². The molecule has 0 N–H and O–H groups in total. The topological polar surface area (TPSA) is 78.7 Å². The number of methoxy groups -OCH3 is 1. The molecule has 17 heavy (non-hydrogen) atoms. The molecule has 0 aliphatic rings. The van der Waals surface area contributed by atoms with Crippen molar-refractivity contribution in [3.63, 3.8) is 0 Å². The van der Waals surface area contributed by atoms with Crippen LogP contribution in [0.1, 0.15) is 10.4 Å². The molecule has 1 aromatic carbocycles. The summed E-state index contributed by atoms with van der Waals surface area (Å²) in [5.74, 6) is 1.32. The Morgan fingerprint density at radius 1 is 1.59 bits per heavy atom. The highest BCUT2D eigenvalue weighted by Gasteiger charge is 2.25. The van der Waals surface area contributed by atoms with E-state index >= 15 is 0 Å². The van der Waals surface area contributed by atoms with E-state index in [-0.39, 0.29) is 17.9 Å². The molecule has 6 heteroatoms. The first-order valence-electron chi connectivity index (χ1n) is 4.53. The smallest absolute Gasteiger partial charge is 0.345 e. The van der Waals surface area contributed by atoms with Gasteiger partial charge in [-0.3, -0.25) is 10.1 Å². The number of nitro benzene ring substituents is 1. The minimum absolute atomic E-state index is 0.0594. The molecule has 0 spiro atoms. The summed E-state index contributed by atoms with van der Waals surface area (Å²) in [6.45, 7) is -0.120. The van der Waals surface area contributed by atoms with Gasteiger partial charge in [0.05, 0.1) is 12.0 Å². The summed E-state index contributed by atoms with van der Waals surface area (Å²) in [6, 6.07) is 4.10. The van der Waals surface area contributed by atoms with E-state index in [1.807, 2.05) is 0 Å². The third-order valence-corrected chi connectivity index (χ3v) is 1.90. The largest absolute Gasteiger partial charge is 0.474 e. The fourth-order valence-corrected chi connectivity index (χ4v) is 1.22. The van der Waals surface area contributed by atoms with Crippen LogP contribution in [0.2, 0.25) is 0 Å². The zero-order valence-corrected chi connectivity index (χ0v) is 9.00. The van der Waals surface area contributed by atoms with Crippen LogP contribution in [-0.2, 0) is 4.74 Å². The Hall–Kier alpha value is -2.55. The normalized spacial score (nSPS) is 9.18. The van der Waals surface area contributed by atoms with E-state index in [4.69, 9.17) is 11.2 Å². The summed E-state index contributed by atoms with van der Waals surface area (Å²) < 4.78 is 9.44. The van der Waals surface area contributed by atoms with Gasteiger partial charge in [-0.2, -0.15) is 0 Å². The summed E-state index contributed by atoms with van der Waals surface area (Å²) in [7, 11) is 1.14. The molecule has 1 aromatic rings. The van der Waals surface area contributed by atoms with Crippen molar-refractivity contribution >= 4 is 11.7 Å². The van der Waals surface area contributed by atoms with Crippen LogP contribution < -0.4 is 4.74 Å². The van der Waals surface area contributed by atoms with Crippen LogP contribution in [0.4, 0.5) is 5.69 Å². The molecule has 0 aliphatic heterocycles. The first-order valence-corrected chi connectivity index (χ1v) is 4.53. The molecule has 88 valence electrons. The third-order valence-electron chi connectivity index (χ3n) is 1.90. The highest BCUT2D eigenvalue weighted by Crippen LogP contribution is 2.31. The van der Waals surface area contributed by atoms with Crippen molar-refractivity contribution in [2.75, 3.05) is 13.7 Å². The van der Waals surface area contributed by atoms with Crippen LogP contribution in [0.5, 0.6) is 5.75 Å². The zero-order valence-electron chi connectivity index (χ0n) is 9.00. The number of rotatable bonds is 4. The second kappa shape index (κ2) is 5.51. The maximum absolute atomic E-state index is 11.3. The molecule has 1 rings (SSSR count). The van der Waals surface area contributed by atoms with Crippen molar-refractivity contribution in [3.8, 4) is 18.1 Å². The number of nitrogens with zero attached hydrogens (tertiary/aromatic N) is 1. The van der Waals surface area contributed by atoms with Gasteiger partial charge in [0.25, 0.3) is 0 Å². The Morgan fingerprint density at radius 2 is 2.29 bits per heavy atom. The molecule has 0 aromatic heterocycles. The molecule has 6 nitrogen and oxygen atoms in total. The molecular weight excluding hydrogens is 226 g/mol. The lowest BCUT2D eigenvalue weighted by Gasteiger charge is -2.06. The van der Waals surface area contributed by atoms with Crippen molar-refractivity contribution in [2.45, 2.75) is 0 Å². The Bertz CT molecular complexity index is 489. The Kier molecular flexibility index (Phi) is 4.06. The standard InChI is InChI=1S/C11H9NO5/c1-3-7-17-9-6-4-5-8(11(13)16-2)10(9)12(14)15/h1,4-6H,7H2,2H3. The maximum atomic E-state index is 11.3. The number of terminal acetylenes is 1. The van der Waals surface area contributed by atoms with Gasteiger partial charge in [-0.25, -0.2) is 4.79 Å². The molecule has 0 amide bonds. The third kappa shape index (κ3) is 2.72. The molecule has 0 heterocycles. The molecule has 0 bridgehead atoms. The number of carbonyl (C=O) groups is 1. The molecule has 0 radical (unpaired) electrons. The molecule has 0 unspecified atom stereocenters. The number of hydrogen-bond donors (Lipinski definition) is 0. The second-order valence-electron chi connectivity index (χ2n) is 2.89. The fraction of sp³-hybridized carbons (Fsp3) is 0.182. The molecule has 0 saturated carbocycles. The van der Waals surface area contributed by atoms with Crippen LogP contribution in [0.3, 0.4) is 0 Å². The summed E-state index contributed by atoms with van der Waals surface area (Å²) in [6.07, 6.45) is 4.99. The van der Waals surface area contributed by atoms with Crippen LogP contribution in [0.15, 0.2) is 18.2 Å².